The van der Waals surface area contributed by atoms with Gasteiger partial charge in [-0.2, -0.15) is 0 Å². The number of methoxy groups -OCH3 is 2. The van der Waals surface area contributed by atoms with E-state index in [2.05, 4.69) is 0 Å². The van der Waals surface area contributed by atoms with Gasteiger partial charge in [0, 0.05) is 20.6 Å². The van der Waals surface area contributed by atoms with Gasteiger partial charge in [0.05, 0.1) is 29.6 Å². The van der Waals surface area contributed by atoms with Crippen molar-refractivity contribution in [2.24, 2.45) is 5.92 Å². The van der Waals surface area contributed by atoms with Crippen LogP contribution in [0.25, 0.3) is 0 Å². The minimum absolute atomic E-state index is 0.0899. The first-order valence-electron chi connectivity index (χ1n) is 5.03. The summed E-state index contributed by atoms with van der Waals surface area (Å²) in [4.78, 5) is 11.6. The van der Waals surface area contributed by atoms with Gasteiger partial charge in [0.1, 0.15) is 6.61 Å². The second kappa shape index (κ2) is 4.37. The van der Waals surface area contributed by atoms with Crippen molar-refractivity contribution >= 4 is 17.4 Å². The maximum atomic E-state index is 11.6. The highest BCUT2D eigenvalue weighted by Crippen LogP contribution is 2.37. The Balaban J connectivity index is 2.19. The summed E-state index contributed by atoms with van der Waals surface area (Å²) in [6.45, 7) is 0.148. The molecule has 0 amide bonds. The molecule has 1 aliphatic carbocycles. The fourth-order valence-electron chi connectivity index (χ4n) is 2.46. The number of ether oxygens (including phenoxy) is 3. The van der Waals surface area contributed by atoms with Crippen LogP contribution >= 0.6 is 11.6 Å². The van der Waals surface area contributed by atoms with E-state index in [0.29, 0.717) is 6.42 Å². The zero-order valence-electron chi connectivity index (χ0n) is 8.81. The molecule has 4 nitrogen and oxygen atoms in total. The molecular formula is C10H15ClO4. The van der Waals surface area contributed by atoms with Crippen LogP contribution in [-0.2, 0) is 19.0 Å². The smallest absolute Gasteiger partial charge is 0.166 e. The number of rotatable bonds is 2. The zero-order valence-corrected chi connectivity index (χ0v) is 9.57. The van der Waals surface area contributed by atoms with Crippen LogP contribution in [0.3, 0.4) is 0 Å². The number of alkyl halides is 1. The Hall–Kier alpha value is -0.160. The molecule has 86 valence electrons. The molecule has 0 N–H and O–H groups in total. The first-order valence-corrected chi connectivity index (χ1v) is 5.46. The van der Waals surface area contributed by atoms with Gasteiger partial charge in [0.2, 0.25) is 0 Å². The summed E-state index contributed by atoms with van der Waals surface area (Å²) < 4.78 is 16.0. The number of Topliss-reactive ketones (excluding diaryl/α,β-unsaturated/α-hetero) is 1. The fourth-order valence-corrected chi connectivity index (χ4v) is 2.89. The van der Waals surface area contributed by atoms with E-state index in [1.165, 1.54) is 0 Å². The van der Waals surface area contributed by atoms with Crippen LogP contribution in [0, 0.1) is 5.92 Å². The minimum Gasteiger partial charge on any atom is -0.380 e. The van der Waals surface area contributed by atoms with Crippen molar-refractivity contribution < 1.29 is 19.0 Å². The Kier molecular flexibility index (Phi) is 3.30. The topological polar surface area (TPSA) is 44.8 Å². The van der Waals surface area contributed by atoms with Crippen molar-refractivity contribution in [2.75, 3.05) is 20.8 Å². The van der Waals surface area contributed by atoms with E-state index >= 15 is 0 Å². The van der Waals surface area contributed by atoms with Crippen molar-refractivity contribution in [1.29, 1.82) is 0 Å². The standard InChI is InChI=1S/C10H15ClO4/c1-13-6-3-7(14-2)9(11)10-8(6)5(12)4-15-10/h6-10H,3-4H2,1-2H3/t6-,7+,8-,9-,10+/m0/s1. The molecule has 1 saturated carbocycles. The number of hydrogen-bond acceptors (Lipinski definition) is 4. The summed E-state index contributed by atoms with van der Waals surface area (Å²) in [7, 11) is 3.22. The number of hydrogen-bond donors (Lipinski definition) is 0. The van der Waals surface area contributed by atoms with Gasteiger partial charge in [-0.3, -0.25) is 4.79 Å². The molecule has 1 saturated heterocycles. The Morgan fingerprint density at radius 2 is 2.00 bits per heavy atom. The lowest BCUT2D eigenvalue weighted by Gasteiger charge is -2.38. The molecule has 0 bridgehead atoms. The molecule has 5 heteroatoms. The van der Waals surface area contributed by atoms with Gasteiger partial charge in [0.25, 0.3) is 0 Å². The molecule has 2 rings (SSSR count). The highest BCUT2D eigenvalue weighted by atomic mass is 35.5. The number of ketones is 1. The van der Waals surface area contributed by atoms with Crippen LogP contribution in [0.1, 0.15) is 6.42 Å². The number of carbonyl (C=O) groups excluding carboxylic acids is 1. The molecule has 0 aromatic heterocycles. The van der Waals surface area contributed by atoms with Crippen molar-refractivity contribution in [2.45, 2.75) is 30.1 Å². The maximum Gasteiger partial charge on any atom is 0.166 e. The molecule has 2 fully saturated rings. The van der Waals surface area contributed by atoms with E-state index in [4.69, 9.17) is 25.8 Å². The predicted molar refractivity (Wildman–Crippen MR) is 54.1 cm³/mol. The molecule has 1 aliphatic heterocycles. The zero-order chi connectivity index (χ0) is 11.0. The van der Waals surface area contributed by atoms with E-state index in [1.807, 2.05) is 0 Å². The second-order valence-corrected chi connectivity index (χ2v) is 4.50. The predicted octanol–water partition coefficient (Wildman–Crippen LogP) is 0.612. The molecule has 2 aliphatic rings. The van der Waals surface area contributed by atoms with Gasteiger partial charge in [0.15, 0.2) is 5.78 Å². The Bertz CT molecular complexity index is 258. The molecule has 0 aromatic carbocycles. The van der Waals surface area contributed by atoms with Crippen molar-refractivity contribution in [3.05, 3.63) is 0 Å². The van der Waals surface area contributed by atoms with Gasteiger partial charge in [-0.05, 0) is 0 Å². The average molecular weight is 235 g/mol. The molecule has 1 heterocycles. The van der Waals surface area contributed by atoms with Crippen LogP contribution in [0.4, 0.5) is 0 Å². The fraction of sp³-hybridized carbons (Fsp3) is 0.900. The third kappa shape index (κ3) is 1.80. The second-order valence-electron chi connectivity index (χ2n) is 4.00. The lowest BCUT2D eigenvalue weighted by Crippen LogP contribution is -2.51. The third-order valence-electron chi connectivity index (χ3n) is 3.28. The van der Waals surface area contributed by atoms with Crippen molar-refractivity contribution in [1.82, 2.24) is 0 Å². The van der Waals surface area contributed by atoms with Gasteiger partial charge in [-0.25, -0.2) is 0 Å². The van der Waals surface area contributed by atoms with Gasteiger partial charge >= 0.3 is 0 Å². The van der Waals surface area contributed by atoms with Crippen molar-refractivity contribution in [3.63, 3.8) is 0 Å². The van der Waals surface area contributed by atoms with Crippen LogP contribution < -0.4 is 0 Å². The largest absolute Gasteiger partial charge is 0.380 e. The maximum absolute atomic E-state index is 11.6. The highest BCUT2D eigenvalue weighted by molar-refractivity contribution is 6.22. The lowest BCUT2D eigenvalue weighted by molar-refractivity contribution is -0.127. The molecule has 5 atom stereocenters. The summed E-state index contributed by atoms with van der Waals surface area (Å²) in [6.07, 6.45) is 0.147. The van der Waals surface area contributed by atoms with Crippen molar-refractivity contribution in [3.8, 4) is 0 Å². The molecule has 0 aromatic rings. The number of fused-ring (bicyclic) bond motifs is 1. The Morgan fingerprint density at radius 1 is 1.33 bits per heavy atom. The molecule has 0 unspecified atom stereocenters. The number of carbonyl (C=O) groups is 1. The Labute approximate surface area is 93.8 Å². The highest BCUT2D eigenvalue weighted by Gasteiger charge is 2.51. The van der Waals surface area contributed by atoms with E-state index in [1.54, 1.807) is 14.2 Å². The lowest BCUT2D eigenvalue weighted by atomic mass is 9.81. The monoisotopic (exact) mass is 234 g/mol. The first-order chi connectivity index (χ1) is 7.19. The number of halogens is 1. The molecule has 0 spiro atoms. The van der Waals surface area contributed by atoms with Gasteiger partial charge < -0.3 is 14.2 Å². The summed E-state index contributed by atoms with van der Waals surface area (Å²) in [5, 5.41) is -0.266. The summed E-state index contributed by atoms with van der Waals surface area (Å²) in [5.74, 6) is -0.129. The normalized spacial score (nSPS) is 45.5. The summed E-state index contributed by atoms with van der Waals surface area (Å²) in [5.41, 5.74) is 0. The summed E-state index contributed by atoms with van der Waals surface area (Å²) in [6, 6.07) is 0. The van der Waals surface area contributed by atoms with Crippen LogP contribution in [0.15, 0.2) is 0 Å². The quantitative estimate of drug-likeness (QED) is 0.657. The Morgan fingerprint density at radius 3 is 2.60 bits per heavy atom. The SMILES string of the molecule is CO[C@H]1C[C@@H](OC)[C@H](Cl)[C@@H]2OCC(=O)[C@H]21. The average Bonchev–Trinajstić information content (AvgIpc) is 2.63. The van der Waals surface area contributed by atoms with E-state index in [-0.39, 0.29) is 42.0 Å². The van der Waals surface area contributed by atoms with E-state index < -0.39 is 0 Å². The molecule has 15 heavy (non-hydrogen) atoms. The molecular weight excluding hydrogens is 220 g/mol. The third-order valence-corrected chi connectivity index (χ3v) is 3.81. The van der Waals surface area contributed by atoms with Crippen LogP contribution in [-0.4, -0.2) is 50.3 Å². The van der Waals surface area contributed by atoms with Gasteiger partial charge in [-0.15, -0.1) is 11.6 Å². The summed E-state index contributed by atoms with van der Waals surface area (Å²) >= 11 is 6.21. The van der Waals surface area contributed by atoms with Crippen LogP contribution in [0.5, 0.6) is 0 Å². The minimum atomic E-state index is -0.266. The van der Waals surface area contributed by atoms with Crippen LogP contribution in [0.2, 0.25) is 0 Å². The van der Waals surface area contributed by atoms with E-state index in [9.17, 15) is 4.79 Å². The first kappa shape index (κ1) is 11.3. The molecule has 0 radical (unpaired) electrons. The van der Waals surface area contributed by atoms with Gasteiger partial charge in [-0.1, -0.05) is 0 Å². The van der Waals surface area contributed by atoms with E-state index in [0.717, 1.165) is 0 Å².